The molecule has 0 bridgehead atoms. The van der Waals surface area contributed by atoms with Gasteiger partial charge in [-0.15, -0.1) is 0 Å². The van der Waals surface area contributed by atoms with Crippen LogP contribution in [0.3, 0.4) is 0 Å². The number of carbonyl (C=O) groups is 2. The molecule has 1 aliphatic carbocycles. The maximum atomic E-state index is 13.8. The molecule has 198 valence electrons. The molecule has 1 unspecified atom stereocenters. The second kappa shape index (κ2) is 11.0. The normalized spacial score (nSPS) is 16.4. The van der Waals surface area contributed by atoms with E-state index in [0.29, 0.717) is 11.6 Å². The third kappa shape index (κ3) is 7.10. The van der Waals surface area contributed by atoms with Crippen LogP contribution >= 0.6 is 0 Å². The number of benzene rings is 1. The number of allylic oxidation sites excluding steroid dienone is 4. The molecule has 0 aromatic heterocycles. The van der Waals surface area contributed by atoms with Gasteiger partial charge >= 0.3 is 6.18 Å². The maximum Gasteiger partial charge on any atom is 0.413 e. The number of alkyl halides is 5. The molecule has 36 heavy (non-hydrogen) atoms. The van der Waals surface area contributed by atoms with Crippen LogP contribution < -0.4 is 11.1 Å². The molecule has 0 heterocycles. The minimum atomic E-state index is -4.76. The van der Waals surface area contributed by atoms with Crippen LogP contribution in [-0.4, -0.2) is 43.9 Å². The van der Waals surface area contributed by atoms with Crippen molar-refractivity contribution in [2.24, 2.45) is 5.73 Å². The Bertz CT molecular complexity index is 1230. The standard InChI is InChI=1S/C24H27F5N2O4S/c1-4-6-22(23(3,25)26)31-13-14-7-8-21(36(34,35)5-2)17(9-14)20(33)12-16-18(30)10-15(11-19(16)32)24(27,28)29/h4,6-10,22,31H,5,11-13,30H2,1-3H3/b6-4-. The van der Waals surface area contributed by atoms with Crippen LogP contribution in [0, 0.1) is 0 Å². The fourth-order valence-electron chi connectivity index (χ4n) is 3.57. The van der Waals surface area contributed by atoms with E-state index in [4.69, 9.17) is 5.73 Å². The van der Waals surface area contributed by atoms with Gasteiger partial charge in [0.1, 0.15) is 0 Å². The number of halogens is 5. The van der Waals surface area contributed by atoms with Gasteiger partial charge in [0.05, 0.1) is 16.7 Å². The minimum absolute atomic E-state index is 0.146. The number of ketones is 2. The molecule has 3 N–H and O–H groups in total. The van der Waals surface area contributed by atoms with Crippen molar-refractivity contribution in [3.8, 4) is 0 Å². The highest BCUT2D eigenvalue weighted by Crippen LogP contribution is 2.34. The predicted octanol–water partition coefficient (Wildman–Crippen LogP) is 4.42. The average molecular weight is 535 g/mol. The smallest absolute Gasteiger partial charge is 0.398 e. The zero-order valence-corrected chi connectivity index (χ0v) is 20.7. The summed E-state index contributed by atoms with van der Waals surface area (Å²) in [5.41, 5.74) is 3.62. The van der Waals surface area contributed by atoms with Gasteiger partial charge in [-0.3, -0.25) is 9.59 Å². The highest BCUT2D eigenvalue weighted by Gasteiger charge is 2.38. The van der Waals surface area contributed by atoms with E-state index in [9.17, 15) is 40.0 Å². The van der Waals surface area contributed by atoms with Crippen molar-refractivity contribution in [3.05, 3.63) is 64.4 Å². The van der Waals surface area contributed by atoms with Gasteiger partial charge in [-0.05, 0) is 30.7 Å². The van der Waals surface area contributed by atoms with Gasteiger partial charge in [0.15, 0.2) is 21.4 Å². The van der Waals surface area contributed by atoms with E-state index < -0.39 is 63.7 Å². The summed E-state index contributed by atoms with van der Waals surface area (Å²) in [4.78, 5) is 25.1. The first-order valence-corrected chi connectivity index (χ1v) is 12.6. The molecule has 0 fully saturated rings. The van der Waals surface area contributed by atoms with Crippen LogP contribution in [0.2, 0.25) is 0 Å². The molecular weight excluding hydrogens is 507 g/mol. The van der Waals surface area contributed by atoms with Gasteiger partial charge in [-0.25, -0.2) is 17.2 Å². The number of carbonyl (C=O) groups excluding carboxylic acids is 2. The molecule has 0 amide bonds. The Balaban J connectivity index is 2.45. The molecule has 1 atom stereocenters. The summed E-state index contributed by atoms with van der Waals surface area (Å²) < 4.78 is 91.7. The summed E-state index contributed by atoms with van der Waals surface area (Å²) in [7, 11) is -3.92. The van der Waals surface area contributed by atoms with Crippen LogP contribution in [-0.2, 0) is 21.2 Å². The van der Waals surface area contributed by atoms with Gasteiger partial charge < -0.3 is 11.1 Å². The molecular formula is C24H27F5N2O4S. The molecule has 12 heteroatoms. The van der Waals surface area contributed by atoms with Crippen LogP contribution in [0.1, 0.15) is 49.5 Å². The summed E-state index contributed by atoms with van der Waals surface area (Å²) >= 11 is 0. The number of hydrogen-bond donors (Lipinski definition) is 2. The highest BCUT2D eigenvalue weighted by atomic mass is 32.2. The molecule has 1 aromatic carbocycles. The Morgan fingerprint density at radius 2 is 1.86 bits per heavy atom. The first-order valence-electron chi connectivity index (χ1n) is 10.9. The van der Waals surface area contributed by atoms with Crippen LogP contribution in [0.25, 0.3) is 0 Å². The van der Waals surface area contributed by atoms with Crippen molar-refractivity contribution in [2.45, 2.75) is 63.2 Å². The summed E-state index contributed by atoms with van der Waals surface area (Å²) in [6.07, 6.45) is -3.19. The van der Waals surface area contributed by atoms with Gasteiger partial charge in [0, 0.05) is 48.7 Å². The van der Waals surface area contributed by atoms with E-state index in [0.717, 1.165) is 6.92 Å². The monoisotopic (exact) mass is 534 g/mol. The Labute approximate surface area is 206 Å². The molecule has 1 aliphatic rings. The molecule has 1 aromatic rings. The van der Waals surface area contributed by atoms with E-state index in [2.05, 4.69) is 5.32 Å². The Hall–Kier alpha value is -2.86. The van der Waals surface area contributed by atoms with Crippen molar-refractivity contribution >= 4 is 21.4 Å². The average Bonchev–Trinajstić information content (AvgIpc) is 2.77. The highest BCUT2D eigenvalue weighted by molar-refractivity contribution is 7.91. The Kier molecular flexibility index (Phi) is 9.00. The SMILES string of the molecule is C/C=C\C(NCc1ccc(S(=O)(=O)CC)c(C(=O)CC2=C(N)C=C(C(F)(F)F)CC2=O)c1)C(C)(F)F. The second-order valence-corrected chi connectivity index (χ2v) is 10.6. The largest absolute Gasteiger partial charge is 0.413 e. The van der Waals surface area contributed by atoms with Gasteiger partial charge in [0.25, 0.3) is 5.92 Å². The zero-order valence-electron chi connectivity index (χ0n) is 19.9. The van der Waals surface area contributed by atoms with Crippen LogP contribution in [0.5, 0.6) is 0 Å². The van der Waals surface area contributed by atoms with Crippen molar-refractivity contribution in [3.63, 3.8) is 0 Å². The van der Waals surface area contributed by atoms with Gasteiger partial charge in [0.2, 0.25) is 0 Å². The first-order chi connectivity index (χ1) is 16.5. The molecule has 6 nitrogen and oxygen atoms in total. The van der Waals surface area contributed by atoms with E-state index in [1.807, 2.05) is 0 Å². The van der Waals surface area contributed by atoms with E-state index in [1.165, 1.54) is 37.3 Å². The second-order valence-electron chi connectivity index (χ2n) is 8.38. The molecule has 0 saturated carbocycles. The number of rotatable bonds is 10. The van der Waals surface area contributed by atoms with Gasteiger partial charge in [-0.2, -0.15) is 13.2 Å². The van der Waals surface area contributed by atoms with E-state index in [-0.39, 0.29) is 28.3 Å². The number of sulfone groups is 1. The van der Waals surface area contributed by atoms with Gasteiger partial charge in [-0.1, -0.05) is 25.1 Å². The number of nitrogens with one attached hydrogen (secondary N) is 1. The summed E-state index contributed by atoms with van der Waals surface area (Å²) in [6, 6.07) is 2.41. The topological polar surface area (TPSA) is 106 Å². The summed E-state index contributed by atoms with van der Waals surface area (Å²) in [5.74, 6) is -5.31. The Morgan fingerprint density at radius 1 is 1.22 bits per heavy atom. The minimum Gasteiger partial charge on any atom is -0.398 e. The predicted molar refractivity (Wildman–Crippen MR) is 124 cm³/mol. The third-order valence-electron chi connectivity index (χ3n) is 5.58. The molecule has 0 radical (unpaired) electrons. The Morgan fingerprint density at radius 3 is 2.36 bits per heavy atom. The summed E-state index contributed by atoms with van der Waals surface area (Å²) in [5, 5.41) is 2.63. The number of Topliss-reactive ketones (excluding diaryl/α,β-unsaturated/α-hetero) is 2. The molecule has 0 aliphatic heterocycles. The van der Waals surface area contributed by atoms with Crippen molar-refractivity contribution < 1.29 is 40.0 Å². The van der Waals surface area contributed by atoms with Crippen molar-refractivity contribution in [1.82, 2.24) is 5.32 Å². The molecule has 0 spiro atoms. The van der Waals surface area contributed by atoms with Crippen molar-refractivity contribution in [2.75, 3.05) is 5.75 Å². The molecule has 2 rings (SSSR count). The fourth-order valence-corrected chi connectivity index (χ4v) is 4.67. The third-order valence-corrected chi connectivity index (χ3v) is 7.37. The number of hydrogen-bond acceptors (Lipinski definition) is 6. The maximum absolute atomic E-state index is 13.8. The lowest BCUT2D eigenvalue weighted by atomic mass is 9.90. The van der Waals surface area contributed by atoms with E-state index in [1.54, 1.807) is 6.92 Å². The van der Waals surface area contributed by atoms with Crippen LogP contribution in [0.4, 0.5) is 22.0 Å². The van der Waals surface area contributed by atoms with Crippen molar-refractivity contribution in [1.29, 1.82) is 0 Å². The lowest BCUT2D eigenvalue weighted by molar-refractivity contribution is -0.120. The molecule has 0 saturated heterocycles. The van der Waals surface area contributed by atoms with E-state index >= 15 is 0 Å². The summed E-state index contributed by atoms with van der Waals surface area (Å²) in [6.45, 7) is 3.52. The lowest BCUT2D eigenvalue weighted by Crippen LogP contribution is -2.41. The van der Waals surface area contributed by atoms with Crippen LogP contribution in [0.15, 0.2) is 58.2 Å². The fraction of sp³-hybridized carbons (Fsp3) is 0.417. The first kappa shape index (κ1) is 29.4. The quantitative estimate of drug-likeness (QED) is 0.262. The zero-order chi connectivity index (χ0) is 27.5. The lowest BCUT2D eigenvalue weighted by Gasteiger charge is -2.22. The number of nitrogens with two attached hydrogens (primary N) is 1.